The minimum atomic E-state index is -0.546. The van der Waals surface area contributed by atoms with E-state index in [1.54, 1.807) is 36.4 Å². The first kappa shape index (κ1) is 13.8. The number of ether oxygens (including phenoxy) is 1. The molecule has 0 saturated carbocycles. The van der Waals surface area contributed by atoms with Crippen LogP contribution in [0.4, 0.5) is 4.39 Å². The van der Waals surface area contributed by atoms with Crippen LogP contribution in [0.2, 0.25) is 0 Å². The van der Waals surface area contributed by atoms with E-state index in [9.17, 15) is 9.18 Å². The third-order valence-corrected chi connectivity index (χ3v) is 2.80. The second kappa shape index (κ2) is 5.98. The summed E-state index contributed by atoms with van der Waals surface area (Å²) in [5.74, 6) is -0.0284. The van der Waals surface area contributed by atoms with Gasteiger partial charge in [0.05, 0.1) is 5.56 Å². The molecule has 0 heterocycles. The summed E-state index contributed by atoms with van der Waals surface area (Å²) in [6, 6.07) is 12.9. The van der Waals surface area contributed by atoms with Crippen molar-refractivity contribution >= 4 is 5.78 Å². The Morgan fingerprint density at radius 2 is 2.10 bits per heavy atom. The van der Waals surface area contributed by atoms with Crippen molar-refractivity contribution in [2.45, 2.75) is 13.5 Å². The van der Waals surface area contributed by atoms with Gasteiger partial charge in [0, 0.05) is 5.56 Å². The summed E-state index contributed by atoms with van der Waals surface area (Å²) in [4.78, 5) is 11.3. The van der Waals surface area contributed by atoms with Crippen molar-refractivity contribution in [1.29, 1.82) is 5.26 Å². The molecule has 0 radical (unpaired) electrons. The summed E-state index contributed by atoms with van der Waals surface area (Å²) in [6.45, 7) is 1.69. The number of nitriles is 1. The molecule has 100 valence electrons. The highest BCUT2D eigenvalue weighted by atomic mass is 19.1. The van der Waals surface area contributed by atoms with Crippen molar-refractivity contribution in [3.05, 3.63) is 65.0 Å². The summed E-state index contributed by atoms with van der Waals surface area (Å²) < 4.78 is 18.7. The normalized spacial score (nSPS) is 9.85. The van der Waals surface area contributed by atoms with Gasteiger partial charge in [-0.2, -0.15) is 5.26 Å². The maximum atomic E-state index is 13.2. The van der Waals surface area contributed by atoms with Crippen LogP contribution >= 0.6 is 0 Å². The van der Waals surface area contributed by atoms with Crippen molar-refractivity contribution in [3.63, 3.8) is 0 Å². The molecular formula is C16H12FNO2. The molecule has 0 N–H and O–H groups in total. The molecule has 0 unspecified atom stereocenters. The van der Waals surface area contributed by atoms with Gasteiger partial charge in [-0.25, -0.2) is 4.39 Å². The summed E-state index contributed by atoms with van der Waals surface area (Å²) in [5, 5.41) is 8.76. The standard InChI is InChI=1S/C16H12FNO2/c1-11(19)13-3-2-4-15(8-13)20-10-12-5-6-16(17)14(7-12)9-18/h2-8H,10H2,1H3. The van der Waals surface area contributed by atoms with Gasteiger partial charge in [-0.15, -0.1) is 0 Å². The Bertz CT molecular complexity index is 689. The largest absolute Gasteiger partial charge is 0.489 e. The quantitative estimate of drug-likeness (QED) is 0.798. The number of halogens is 1. The fourth-order valence-corrected chi connectivity index (χ4v) is 1.72. The van der Waals surface area contributed by atoms with Crippen molar-refractivity contribution < 1.29 is 13.9 Å². The minimum Gasteiger partial charge on any atom is -0.489 e. The molecule has 0 amide bonds. The number of hydrogen-bond acceptors (Lipinski definition) is 3. The summed E-state index contributed by atoms with van der Waals surface area (Å²) in [7, 11) is 0. The number of nitrogens with zero attached hydrogens (tertiary/aromatic N) is 1. The van der Waals surface area contributed by atoms with Gasteiger partial charge in [-0.3, -0.25) is 4.79 Å². The predicted molar refractivity (Wildman–Crippen MR) is 71.9 cm³/mol. The Morgan fingerprint density at radius 1 is 1.30 bits per heavy atom. The summed E-state index contributed by atoms with van der Waals surface area (Å²) in [5.41, 5.74) is 1.25. The van der Waals surface area contributed by atoms with Crippen LogP contribution in [0.25, 0.3) is 0 Å². The Kier molecular flexibility index (Phi) is 4.11. The molecule has 3 nitrogen and oxygen atoms in total. The highest BCUT2D eigenvalue weighted by Gasteiger charge is 2.05. The van der Waals surface area contributed by atoms with Crippen molar-refractivity contribution in [2.75, 3.05) is 0 Å². The molecule has 20 heavy (non-hydrogen) atoms. The van der Waals surface area contributed by atoms with Crippen LogP contribution in [-0.4, -0.2) is 5.78 Å². The first-order valence-electron chi connectivity index (χ1n) is 6.02. The Labute approximate surface area is 116 Å². The first-order chi connectivity index (χ1) is 9.60. The molecule has 2 aromatic carbocycles. The number of rotatable bonds is 4. The maximum absolute atomic E-state index is 13.2. The topological polar surface area (TPSA) is 50.1 Å². The SMILES string of the molecule is CC(=O)c1cccc(OCc2ccc(F)c(C#N)c2)c1. The van der Waals surface area contributed by atoms with Gasteiger partial charge in [0.15, 0.2) is 5.78 Å². The second-order valence-electron chi connectivity index (χ2n) is 4.30. The lowest BCUT2D eigenvalue weighted by molar-refractivity contribution is 0.101. The number of ketones is 1. The van der Waals surface area contributed by atoms with Crippen LogP contribution in [-0.2, 0) is 6.61 Å². The van der Waals surface area contributed by atoms with Crippen molar-refractivity contribution in [2.24, 2.45) is 0 Å². The van der Waals surface area contributed by atoms with Gasteiger partial charge in [0.25, 0.3) is 0 Å². The highest BCUT2D eigenvalue weighted by molar-refractivity contribution is 5.94. The molecule has 0 aromatic heterocycles. The highest BCUT2D eigenvalue weighted by Crippen LogP contribution is 2.16. The Balaban J connectivity index is 2.11. The average molecular weight is 269 g/mol. The van der Waals surface area contributed by atoms with E-state index < -0.39 is 5.82 Å². The molecular weight excluding hydrogens is 257 g/mol. The van der Waals surface area contributed by atoms with E-state index in [0.29, 0.717) is 16.9 Å². The lowest BCUT2D eigenvalue weighted by atomic mass is 10.1. The van der Waals surface area contributed by atoms with E-state index in [4.69, 9.17) is 10.00 Å². The Hall–Kier alpha value is -2.67. The van der Waals surface area contributed by atoms with E-state index in [0.717, 1.165) is 0 Å². The maximum Gasteiger partial charge on any atom is 0.159 e. The van der Waals surface area contributed by atoms with E-state index in [2.05, 4.69) is 0 Å². The zero-order valence-corrected chi connectivity index (χ0v) is 10.9. The fourth-order valence-electron chi connectivity index (χ4n) is 1.72. The van der Waals surface area contributed by atoms with Gasteiger partial charge in [-0.05, 0) is 36.8 Å². The molecule has 4 heteroatoms. The number of Topliss-reactive ketones (excluding diaryl/α,β-unsaturated/α-hetero) is 1. The van der Waals surface area contributed by atoms with Crippen LogP contribution in [0.5, 0.6) is 5.75 Å². The molecule has 0 aliphatic carbocycles. The smallest absolute Gasteiger partial charge is 0.159 e. The van der Waals surface area contributed by atoms with E-state index in [-0.39, 0.29) is 18.0 Å². The zero-order chi connectivity index (χ0) is 14.5. The third-order valence-electron chi connectivity index (χ3n) is 2.80. The number of carbonyl (C=O) groups is 1. The van der Waals surface area contributed by atoms with Crippen LogP contribution in [0.1, 0.15) is 28.4 Å². The number of hydrogen-bond donors (Lipinski definition) is 0. The van der Waals surface area contributed by atoms with E-state index >= 15 is 0 Å². The van der Waals surface area contributed by atoms with Crippen molar-refractivity contribution in [1.82, 2.24) is 0 Å². The Morgan fingerprint density at radius 3 is 2.80 bits per heavy atom. The molecule has 0 fully saturated rings. The molecule has 0 bridgehead atoms. The third kappa shape index (κ3) is 3.21. The molecule has 0 aliphatic heterocycles. The van der Waals surface area contributed by atoms with Crippen LogP contribution in [0.3, 0.4) is 0 Å². The van der Waals surface area contributed by atoms with E-state index in [1.165, 1.54) is 19.1 Å². The predicted octanol–water partition coefficient (Wildman–Crippen LogP) is 3.48. The van der Waals surface area contributed by atoms with Gasteiger partial charge in [0.1, 0.15) is 24.2 Å². The minimum absolute atomic E-state index is 0.0106. The van der Waals surface area contributed by atoms with Crippen LogP contribution in [0.15, 0.2) is 42.5 Å². The van der Waals surface area contributed by atoms with Crippen LogP contribution in [0, 0.1) is 17.1 Å². The molecule has 0 spiro atoms. The van der Waals surface area contributed by atoms with Gasteiger partial charge in [0.2, 0.25) is 0 Å². The zero-order valence-electron chi connectivity index (χ0n) is 10.9. The average Bonchev–Trinajstić information content (AvgIpc) is 2.46. The number of benzene rings is 2. The van der Waals surface area contributed by atoms with Gasteiger partial charge in [-0.1, -0.05) is 18.2 Å². The summed E-state index contributed by atoms with van der Waals surface area (Å²) in [6.07, 6.45) is 0. The second-order valence-corrected chi connectivity index (χ2v) is 4.30. The van der Waals surface area contributed by atoms with E-state index in [1.807, 2.05) is 0 Å². The van der Waals surface area contributed by atoms with Crippen molar-refractivity contribution in [3.8, 4) is 11.8 Å². The summed E-state index contributed by atoms with van der Waals surface area (Å²) >= 11 is 0. The monoisotopic (exact) mass is 269 g/mol. The fraction of sp³-hybridized carbons (Fsp3) is 0.125. The first-order valence-corrected chi connectivity index (χ1v) is 6.02. The van der Waals surface area contributed by atoms with Gasteiger partial charge < -0.3 is 4.74 Å². The number of carbonyl (C=O) groups excluding carboxylic acids is 1. The molecule has 2 rings (SSSR count). The lowest BCUT2D eigenvalue weighted by Gasteiger charge is -2.07. The lowest BCUT2D eigenvalue weighted by Crippen LogP contribution is -1.98. The molecule has 0 aliphatic rings. The molecule has 0 atom stereocenters. The van der Waals surface area contributed by atoms with Crippen LogP contribution < -0.4 is 4.74 Å². The molecule has 2 aromatic rings. The van der Waals surface area contributed by atoms with Gasteiger partial charge >= 0.3 is 0 Å². The molecule has 0 saturated heterocycles.